The summed E-state index contributed by atoms with van der Waals surface area (Å²) < 4.78 is 0. The SMILES string of the molecule is CC(=O)N1C(=O)CCC1c1ccc(-c2ccccc2)cc1. The third-order valence-electron chi connectivity index (χ3n) is 3.95. The van der Waals surface area contributed by atoms with Crippen LogP contribution in [-0.2, 0) is 9.59 Å². The highest BCUT2D eigenvalue weighted by molar-refractivity contribution is 5.96. The lowest BCUT2D eigenvalue weighted by Crippen LogP contribution is -2.32. The molecular weight excluding hydrogens is 262 g/mol. The zero-order valence-electron chi connectivity index (χ0n) is 12.0. The van der Waals surface area contributed by atoms with Crippen molar-refractivity contribution >= 4 is 11.8 Å². The Kier molecular flexibility index (Phi) is 3.57. The molecule has 1 atom stereocenters. The normalized spacial score (nSPS) is 18.0. The highest BCUT2D eigenvalue weighted by atomic mass is 16.2. The Morgan fingerprint density at radius 2 is 1.62 bits per heavy atom. The molecule has 3 rings (SSSR count). The lowest BCUT2D eigenvalue weighted by molar-refractivity contribution is -0.142. The maximum atomic E-state index is 11.8. The van der Waals surface area contributed by atoms with E-state index in [-0.39, 0.29) is 17.9 Å². The molecule has 1 unspecified atom stereocenters. The minimum Gasteiger partial charge on any atom is -0.275 e. The number of benzene rings is 2. The van der Waals surface area contributed by atoms with Crippen molar-refractivity contribution in [1.82, 2.24) is 4.90 Å². The van der Waals surface area contributed by atoms with Crippen LogP contribution in [-0.4, -0.2) is 16.7 Å². The number of likely N-dealkylation sites (tertiary alicyclic amines) is 1. The second-order valence-corrected chi connectivity index (χ2v) is 5.33. The van der Waals surface area contributed by atoms with Crippen LogP contribution in [0.3, 0.4) is 0 Å². The van der Waals surface area contributed by atoms with E-state index in [1.165, 1.54) is 11.8 Å². The molecule has 0 N–H and O–H groups in total. The largest absolute Gasteiger partial charge is 0.275 e. The molecule has 2 aromatic carbocycles. The molecule has 0 aromatic heterocycles. The number of imide groups is 1. The van der Waals surface area contributed by atoms with E-state index in [0.29, 0.717) is 12.8 Å². The first-order chi connectivity index (χ1) is 10.2. The summed E-state index contributed by atoms with van der Waals surface area (Å²) in [6.07, 6.45) is 1.16. The Morgan fingerprint density at radius 3 is 2.24 bits per heavy atom. The summed E-state index contributed by atoms with van der Waals surface area (Å²) in [6.45, 7) is 1.45. The van der Waals surface area contributed by atoms with Crippen LogP contribution in [0.2, 0.25) is 0 Å². The van der Waals surface area contributed by atoms with Gasteiger partial charge in [0, 0.05) is 13.3 Å². The molecule has 3 nitrogen and oxygen atoms in total. The lowest BCUT2D eigenvalue weighted by atomic mass is 9.99. The van der Waals surface area contributed by atoms with Crippen molar-refractivity contribution in [2.75, 3.05) is 0 Å². The Bertz CT molecular complexity index is 661. The van der Waals surface area contributed by atoms with E-state index in [0.717, 1.165) is 16.7 Å². The lowest BCUT2D eigenvalue weighted by Gasteiger charge is -2.22. The number of carbonyl (C=O) groups is 2. The second-order valence-electron chi connectivity index (χ2n) is 5.33. The fraction of sp³-hybridized carbons (Fsp3) is 0.222. The van der Waals surface area contributed by atoms with Crippen LogP contribution in [0.15, 0.2) is 54.6 Å². The van der Waals surface area contributed by atoms with Crippen molar-refractivity contribution in [1.29, 1.82) is 0 Å². The van der Waals surface area contributed by atoms with E-state index in [9.17, 15) is 9.59 Å². The van der Waals surface area contributed by atoms with Gasteiger partial charge in [-0.15, -0.1) is 0 Å². The molecule has 1 aliphatic heterocycles. The van der Waals surface area contributed by atoms with E-state index in [2.05, 4.69) is 12.1 Å². The molecule has 0 saturated carbocycles. The summed E-state index contributed by atoms with van der Waals surface area (Å²) >= 11 is 0. The summed E-state index contributed by atoms with van der Waals surface area (Å²) in [5.74, 6) is -0.241. The first-order valence-electron chi connectivity index (χ1n) is 7.15. The predicted molar refractivity (Wildman–Crippen MR) is 81.4 cm³/mol. The Balaban J connectivity index is 1.88. The van der Waals surface area contributed by atoms with Crippen LogP contribution in [0.4, 0.5) is 0 Å². The topological polar surface area (TPSA) is 37.4 Å². The number of rotatable bonds is 2. The monoisotopic (exact) mass is 279 g/mol. The van der Waals surface area contributed by atoms with Crippen molar-refractivity contribution in [2.24, 2.45) is 0 Å². The molecule has 0 radical (unpaired) electrons. The van der Waals surface area contributed by atoms with Crippen molar-refractivity contribution in [3.63, 3.8) is 0 Å². The maximum Gasteiger partial charge on any atom is 0.229 e. The first kappa shape index (κ1) is 13.6. The smallest absolute Gasteiger partial charge is 0.229 e. The Morgan fingerprint density at radius 1 is 1.00 bits per heavy atom. The zero-order valence-corrected chi connectivity index (χ0v) is 12.0. The van der Waals surface area contributed by atoms with Crippen LogP contribution >= 0.6 is 0 Å². The average Bonchev–Trinajstić information content (AvgIpc) is 2.90. The Hall–Kier alpha value is -2.42. The van der Waals surface area contributed by atoms with Gasteiger partial charge in [-0.1, -0.05) is 54.6 Å². The third kappa shape index (κ3) is 2.59. The molecule has 1 saturated heterocycles. The molecule has 2 amide bonds. The van der Waals surface area contributed by atoms with E-state index in [1.807, 2.05) is 42.5 Å². The average molecular weight is 279 g/mol. The van der Waals surface area contributed by atoms with Gasteiger partial charge in [0.25, 0.3) is 0 Å². The van der Waals surface area contributed by atoms with Gasteiger partial charge in [-0.2, -0.15) is 0 Å². The number of carbonyl (C=O) groups excluding carboxylic acids is 2. The third-order valence-corrected chi connectivity index (χ3v) is 3.95. The van der Waals surface area contributed by atoms with Crippen molar-refractivity contribution in [2.45, 2.75) is 25.8 Å². The van der Waals surface area contributed by atoms with Gasteiger partial charge in [-0.3, -0.25) is 14.5 Å². The second kappa shape index (κ2) is 5.52. The molecule has 1 heterocycles. The highest BCUT2D eigenvalue weighted by Crippen LogP contribution is 2.33. The van der Waals surface area contributed by atoms with Crippen LogP contribution < -0.4 is 0 Å². The highest BCUT2D eigenvalue weighted by Gasteiger charge is 2.34. The summed E-state index contributed by atoms with van der Waals surface area (Å²) in [5, 5.41) is 0. The maximum absolute atomic E-state index is 11.8. The van der Waals surface area contributed by atoms with Gasteiger partial charge in [0.2, 0.25) is 11.8 Å². The Labute approximate surface area is 124 Å². The van der Waals surface area contributed by atoms with Gasteiger partial charge in [0.05, 0.1) is 6.04 Å². The van der Waals surface area contributed by atoms with Crippen LogP contribution in [0.25, 0.3) is 11.1 Å². The van der Waals surface area contributed by atoms with Crippen molar-refractivity contribution in [3.05, 3.63) is 60.2 Å². The fourth-order valence-corrected chi connectivity index (χ4v) is 2.92. The summed E-state index contributed by atoms with van der Waals surface area (Å²) in [5.41, 5.74) is 3.32. The molecule has 0 spiro atoms. The number of amides is 2. The van der Waals surface area contributed by atoms with E-state index < -0.39 is 0 Å². The zero-order chi connectivity index (χ0) is 14.8. The first-order valence-corrected chi connectivity index (χ1v) is 7.15. The van der Waals surface area contributed by atoms with E-state index >= 15 is 0 Å². The fourth-order valence-electron chi connectivity index (χ4n) is 2.92. The molecule has 21 heavy (non-hydrogen) atoms. The van der Waals surface area contributed by atoms with Gasteiger partial charge in [-0.25, -0.2) is 0 Å². The molecule has 0 aliphatic carbocycles. The molecule has 1 fully saturated rings. The molecule has 0 bridgehead atoms. The molecular formula is C18H17NO2. The summed E-state index contributed by atoms with van der Waals surface area (Å²) in [4.78, 5) is 24.8. The van der Waals surface area contributed by atoms with Gasteiger partial charge in [0.1, 0.15) is 0 Å². The van der Waals surface area contributed by atoms with Crippen LogP contribution in [0, 0.1) is 0 Å². The number of hydrogen-bond acceptors (Lipinski definition) is 2. The van der Waals surface area contributed by atoms with E-state index in [4.69, 9.17) is 0 Å². The molecule has 1 aliphatic rings. The van der Waals surface area contributed by atoms with Crippen LogP contribution in [0.1, 0.15) is 31.4 Å². The van der Waals surface area contributed by atoms with Gasteiger partial charge in [-0.05, 0) is 23.1 Å². The quantitative estimate of drug-likeness (QED) is 0.843. The molecule has 3 heteroatoms. The predicted octanol–water partition coefficient (Wildman–Crippen LogP) is 3.56. The summed E-state index contributed by atoms with van der Waals surface area (Å²) in [7, 11) is 0. The van der Waals surface area contributed by atoms with E-state index in [1.54, 1.807) is 0 Å². The molecule has 2 aromatic rings. The van der Waals surface area contributed by atoms with Crippen molar-refractivity contribution < 1.29 is 9.59 Å². The number of nitrogens with zero attached hydrogens (tertiary/aromatic N) is 1. The van der Waals surface area contributed by atoms with Gasteiger partial charge >= 0.3 is 0 Å². The van der Waals surface area contributed by atoms with Gasteiger partial charge < -0.3 is 0 Å². The van der Waals surface area contributed by atoms with Crippen LogP contribution in [0.5, 0.6) is 0 Å². The standard InChI is InChI=1S/C18H17NO2/c1-13(20)19-17(11-12-18(19)21)16-9-7-15(8-10-16)14-5-3-2-4-6-14/h2-10,17H,11-12H2,1H3. The van der Waals surface area contributed by atoms with Gasteiger partial charge in [0.15, 0.2) is 0 Å². The summed E-state index contributed by atoms with van der Waals surface area (Å²) in [6, 6.07) is 18.2. The minimum absolute atomic E-state index is 0.0698. The minimum atomic E-state index is -0.172. The van der Waals surface area contributed by atoms with Crippen molar-refractivity contribution in [3.8, 4) is 11.1 Å². The molecule has 106 valence electrons. The number of hydrogen-bond donors (Lipinski definition) is 0.